The van der Waals surface area contributed by atoms with E-state index in [4.69, 9.17) is 9.31 Å². The van der Waals surface area contributed by atoms with Crippen LogP contribution >= 0.6 is 0 Å². The first-order chi connectivity index (χ1) is 16.8. The van der Waals surface area contributed by atoms with Gasteiger partial charge in [0.15, 0.2) is 0 Å². The monoisotopic (exact) mass is 463 g/mol. The minimum atomic E-state index is -0.556. The average Bonchev–Trinajstić information content (AvgIpc) is 3.29. The molecule has 1 aliphatic heterocycles. The Morgan fingerprint density at radius 3 is 1.83 bits per heavy atom. The smallest absolute Gasteiger partial charge is 0.399 e. The summed E-state index contributed by atoms with van der Waals surface area (Å²) in [5, 5.41) is 2.34. The zero-order valence-electron chi connectivity index (χ0n) is 20.4. The Morgan fingerprint density at radius 1 is 0.657 bits per heavy atom. The molecule has 5 aromatic rings. The summed E-state index contributed by atoms with van der Waals surface area (Å²) in [4.78, 5) is 0. The van der Waals surface area contributed by atoms with E-state index in [1.165, 1.54) is 16.8 Å². The summed E-state index contributed by atoms with van der Waals surface area (Å²) in [6.07, 6.45) is 0. The Balaban J connectivity index is 1.55. The molecule has 1 aromatic heterocycles. The molecule has 0 unspecified atom stereocenters. The molecule has 5 heteroatoms. The van der Waals surface area contributed by atoms with E-state index >= 15 is 4.39 Å². The van der Waals surface area contributed by atoms with Crippen LogP contribution in [-0.2, 0) is 9.31 Å². The van der Waals surface area contributed by atoms with Crippen LogP contribution < -0.4 is 5.46 Å². The van der Waals surface area contributed by atoms with Gasteiger partial charge in [-0.25, -0.2) is 4.39 Å². The Morgan fingerprint density at radius 2 is 1.20 bits per heavy atom. The summed E-state index contributed by atoms with van der Waals surface area (Å²) in [6, 6.07) is 29.8. The molecule has 1 fully saturated rings. The van der Waals surface area contributed by atoms with Gasteiger partial charge >= 0.3 is 7.12 Å². The van der Waals surface area contributed by atoms with Gasteiger partial charge in [0.1, 0.15) is 5.82 Å². The van der Waals surface area contributed by atoms with Crippen molar-refractivity contribution in [3.63, 3.8) is 0 Å². The second-order valence-electron chi connectivity index (χ2n) is 10.2. The minimum absolute atomic E-state index is 0.279. The molecule has 6 rings (SSSR count). The second kappa shape index (κ2) is 7.80. The number of hydrogen-bond donors (Lipinski definition) is 0. The molecule has 1 aliphatic rings. The summed E-state index contributed by atoms with van der Waals surface area (Å²) in [5.41, 5.74) is 4.31. The number of benzene rings is 4. The van der Waals surface area contributed by atoms with Crippen molar-refractivity contribution in [2.45, 2.75) is 38.9 Å². The van der Waals surface area contributed by atoms with Crippen LogP contribution in [-0.4, -0.2) is 22.9 Å². The molecule has 2 heterocycles. The maximum atomic E-state index is 15.4. The van der Waals surface area contributed by atoms with Gasteiger partial charge in [-0.2, -0.15) is 0 Å². The van der Waals surface area contributed by atoms with Crippen molar-refractivity contribution in [2.75, 3.05) is 0 Å². The van der Waals surface area contributed by atoms with Crippen LogP contribution in [0.3, 0.4) is 0 Å². The number of hydrogen-bond acceptors (Lipinski definition) is 2. The quantitative estimate of drug-likeness (QED) is 0.272. The van der Waals surface area contributed by atoms with Gasteiger partial charge in [-0.15, -0.1) is 0 Å². The number of rotatable bonds is 3. The predicted octanol–water partition coefficient (Wildman–Crippen LogP) is 6.89. The van der Waals surface area contributed by atoms with E-state index in [1.54, 1.807) is 6.07 Å². The van der Waals surface area contributed by atoms with Crippen LogP contribution in [0.5, 0.6) is 0 Å². The number of nitrogens with zero attached hydrogens (tertiary/aromatic N) is 1. The molecule has 1 saturated heterocycles. The Kier molecular flexibility index (Phi) is 4.92. The molecular formula is C30H27BFNO2. The summed E-state index contributed by atoms with van der Waals surface area (Å²) in [6.45, 7) is 8.09. The standard InChI is InChI=1S/C30H27BFNO2/c1-29(2)30(3,4)35-31(34-29)20-17-18-25(32)24(19-20)23-13-7-10-16-28(23)33-26-14-8-5-11-21(26)22-12-6-9-15-27(22)33/h5-19H,1-4H3. The van der Waals surface area contributed by atoms with Crippen LogP contribution in [0.2, 0.25) is 0 Å². The number of fused-ring (bicyclic) bond motifs is 3. The molecule has 4 aromatic carbocycles. The SMILES string of the molecule is CC1(C)OB(c2ccc(F)c(-c3ccccc3-n3c4ccccc4c4ccccc43)c2)OC1(C)C. The van der Waals surface area contributed by atoms with Crippen LogP contribution in [0.4, 0.5) is 4.39 Å². The number of halogens is 1. The lowest BCUT2D eigenvalue weighted by atomic mass is 9.77. The molecule has 0 bridgehead atoms. The van der Waals surface area contributed by atoms with Gasteiger partial charge in [0.25, 0.3) is 0 Å². The highest BCUT2D eigenvalue weighted by Crippen LogP contribution is 2.38. The van der Waals surface area contributed by atoms with Crippen molar-refractivity contribution in [1.82, 2.24) is 4.57 Å². The third-order valence-corrected chi connectivity index (χ3v) is 7.53. The average molecular weight is 463 g/mol. The normalized spacial score (nSPS) is 16.9. The summed E-state index contributed by atoms with van der Waals surface area (Å²) < 4.78 is 30.1. The van der Waals surface area contributed by atoms with E-state index < -0.39 is 18.3 Å². The second-order valence-corrected chi connectivity index (χ2v) is 10.2. The van der Waals surface area contributed by atoms with Gasteiger partial charge in [-0.1, -0.05) is 66.7 Å². The Hall–Kier alpha value is -3.41. The molecule has 0 spiro atoms. The summed E-state index contributed by atoms with van der Waals surface area (Å²) in [7, 11) is -0.556. The van der Waals surface area contributed by atoms with Gasteiger partial charge in [-0.3, -0.25) is 0 Å². The molecule has 35 heavy (non-hydrogen) atoms. The predicted molar refractivity (Wildman–Crippen MR) is 142 cm³/mol. The van der Waals surface area contributed by atoms with Crippen molar-refractivity contribution in [3.05, 3.63) is 96.8 Å². The van der Waals surface area contributed by atoms with Gasteiger partial charge in [0, 0.05) is 21.9 Å². The number of para-hydroxylation sites is 3. The van der Waals surface area contributed by atoms with Gasteiger partial charge in [0.2, 0.25) is 0 Å². The zero-order chi connectivity index (χ0) is 24.4. The lowest BCUT2D eigenvalue weighted by molar-refractivity contribution is 0.00578. The molecule has 3 nitrogen and oxygen atoms in total. The zero-order valence-corrected chi connectivity index (χ0v) is 20.4. The largest absolute Gasteiger partial charge is 0.494 e. The van der Waals surface area contributed by atoms with Crippen LogP contribution in [0.15, 0.2) is 91.0 Å². The lowest BCUT2D eigenvalue weighted by Crippen LogP contribution is -2.41. The molecule has 0 radical (unpaired) electrons. The van der Waals surface area contributed by atoms with E-state index in [-0.39, 0.29) is 5.82 Å². The molecule has 0 aliphatic carbocycles. The molecule has 0 N–H and O–H groups in total. The Labute approximate surface area is 205 Å². The molecule has 174 valence electrons. The first-order valence-electron chi connectivity index (χ1n) is 12.0. The Bertz CT molecular complexity index is 1520. The van der Waals surface area contributed by atoms with Gasteiger partial charge in [0.05, 0.1) is 27.9 Å². The van der Waals surface area contributed by atoms with Crippen molar-refractivity contribution >= 4 is 34.4 Å². The van der Waals surface area contributed by atoms with Crippen molar-refractivity contribution < 1.29 is 13.7 Å². The first-order valence-corrected chi connectivity index (χ1v) is 12.0. The third kappa shape index (κ3) is 3.41. The highest BCUT2D eigenvalue weighted by molar-refractivity contribution is 6.62. The molecule has 0 saturated carbocycles. The highest BCUT2D eigenvalue weighted by atomic mass is 19.1. The fourth-order valence-corrected chi connectivity index (χ4v) is 4.95. The van der Waals surface area contributed by atoms with E-state index in [2.05, 4.69) is 47.0 Å². The molecule has 0 atom stereocenters. The fraction of sp³-hybridized carbons (Fsp3) is 0.200. The fourth-order valence-electron chi connectivity index (χ4n) is 4.95. The van der Waals surface area contributed by atoms with Gasteiger partial charge < -0.3 is 13.9 Å². The van der Waals surface area contributed by atoms with Crippen LogP contribution in [0, 0.1) is 5.82 Å². The van der Waals surface area contributed by atoms with E-state index in [0.717, 1.165) is 27.7 Å². The minimum Gasteiger partial charge on any atom is -0.399 e. The van der Waals surface area contributed by atoms with E-state index in [0.29, 0.717) is 5.56 Å². The first kappa shape index (κ1) is 22.1. The van der Waals surface area contributed by atoms with E-state index in [9.17, 15) is 0 Å². The van der Waals surface area contributed by atoms with Crippen molar-refractivity contribution in [2.24, 2.45) is 0 Å². The van der Waals surface area contributed by atoms with E-state index in [1.807, 2.05) is 64.1 Å². The van der Waals surface area contributed by atoms with Gasteiger partial charge in [-0.05, 0) is 57.4 Å². The summed E-state index contributed by atoms with van der Waals surface area (Å²) in [5.74, 6) is -0.279. The maximum Gasteiger partial charge on any atom is 0.494 e. The van der Waals surface area contributed by atoms with Crippen LogP contribution in [0.1, 0.15) is 27.7 Å². The summed E-state index contributed by atoms with van der Waals surface area (Å²) >= 11 is 0. The van der Waals surface area contributed by atoms with Crippen molar-refractivity contribution in [1.29, 1.82) is 0 Å². The molecular weight excluding hydrogens is 436 g/mol. The highest BCUT2D eigenvalue weighted by Gasteiger charge is 2.51. The lowest BCUT2D eigenvalue weighted by Gasteiger charge is -2.32. The topological polar surface area (TPSA) is 23.4 Å². The third-order valence-electron chi connectivity index (χ3n) is 7.53. The van der Waals surface area contributed by atoms with Crippen LogP contribution in [0.25, 0.3) is 38.6 Å². The van der Waals surface area contributed by atoms with Crippen molar-refractivity contribution in [3.8, 4) is 16.8 Å². The number of aromatic nitrogens is 1. The maximum absolute atomic E-state index is 15.4. The molecule has 0 amide bonds.